The maximum absolute atomic E-state index is 5.97. The molecule has 0 spiro atoms. The smallest absolute Gasteiger partial charge is 0.0426 e. The second-order valence-corrected chi connectivity index (χ2v) is 4.45. The quantitative estimate of drug-likeness (QED) is 0.808. The summed E-state index contributed by atoms with van der Waals surface area (Å²) in [4.78, 5) is 0. The normalized spacial score (nSPS) is 10.2. The first-order valence-electron chi connectivity index (χ1n) is 5.50. The Hall–Kier alpha value is -1.67. The third-order valence-electron chi connectivity index (χ3n) is 2.72. The minimum Gasteiger partial charge on any atom is -0.398 e. The number of hydrogen-bond acceptors (Lipinski definition) is 2. The van der Waals surface area contributed by atoms with Gasteiger partial charge in [0.1, 0.15) is 0 Å². The summed E-state index contributed by atoms with van der Waals surface area (Å²) < 4.78 is 0. The molecule has 0 aliphatic rings. The maximum Gasteiger partial charge on any atom is 0.0426 e. The molecule has 0 saturated heterocycles. The predicted octanol–water partition coefficient (Wildman–Crippen LogP) is 3.84. The lowest BCUT2D eigenvalue weighted by atomic mass is 10.1. The van der Waals surface area contributed by atoms with Crippen LogP contribution in [0.4, 0.5) is 11.4 Å². The van der Waals surface area contributed by atoms with E-state index < -0.39 is 0 Å². The van der Waals surface area contributed by atoms with Gasteiger partial charge in [-0.15, -0.1) is 0 Å². The molecule has 0 amide bonds. The van der Waals surface area contributed by atoms with Gasteiger partial charge in [-0.05, 0) is 36.2 Å². The molecule has 0 fully saturated rings. The zero-order chi connectivity index (χ0) is 12.3. The maximum atomic E-state index is 5.97. The second kappa shape index (κ2) is 5.11. The van der Waals surface area contributed by atoms with Crippen LogP contribution in [0.3, 0.4) is 0 Å². The van der Waals surface area contributed by atoms with Crippen LogP contribution in [0.2, 0.25) is 5.02 Å². The average molecular weight is 247 g/mol. The fourth-order valence-electron chi connectivity index (χ4n) is 1.67. The Morgan fingerprint density at radius 2 is 1.94 bits per heavy atom. The van der Waals surface area contributed by atoms with Gasteiger partial charge in [-0.1, -0.05) is 35.9 Å². The van der Waals surface area contributed by atoms with E-state index in [1.807, 2.05) is 49.4 Å². The van der Waals surface area contributed by atoms with E-state index in [2.05, 4.69) is 5.32 Å². The van der Waals surface area contributed by atoms with E-state index in [0.717, 1.165) is 22.0 Å². The summed E-state index contributed by atoms with van der Waals surface area (Å²) >= 11 is 5.97. The molecule has 2 rings (SSSR count). The fourth-order valence-corrected chi connectivity index (χ4v) is 1.84. The lowest BCUT2D eigenvalue weighted by molar-refractivity contribution is 1.14. The number of rotatable bonds is 3. The molecular formula is C14H15ClN2. The molecule has 2 aromatic rings. The highest BCUT2D eigenvalue weighted by Gasteiger charge is 2.01. The van der Waals surface area contributed by atoms with Gasteiger partial charge >= 0.3 is 0 Å². The summed E-state index contributed by atoms with van der Waals surface area (Å²) in [7, 11) is 0. The number of hydrogen-bond donors (Lipinski definition) is 2. The van der Waals surface area contributed by atoms with Crippen LogP contribution >= 0.6 is 11.6 Å². The molecule has 0 unspecified atom stereocenters. The monoisotopic (exact) mass is 246 g/mol. The topological polar surface area (TPSA) is 38.0 Å². The first-order chi connectivity index (χ1) is 8.16. The van der Waals surface area contributed by atoms with Crippen molar-refractivity contribution in [2.75, 3.05) is 11.1 Å². The van der Waals surface area contributed by atoms with Crippen LogP contribution in [0.15, 0.2) is 42.5 Å². The molecule has 0 atom stereocenters. The summed E-state index contributed by atoms with van der Waals surface area (Å²) in [5.74, 6) is 0. The van der Waals surface area contributed by atoms with Crippen molar-refractivity contribution < 1.29 is 0 Å². The highest BCUT2D eigenvalue weighted by molar-refractivity contribution is 6.30. The molecule has 0 aliphatic heterocycles. The number of nitrogens with two attached hydrogens (primary N) is 1. The van der Waals surface area contributed by atoms with Crippen molar-refractivity contribution in [2.24, 2.45) is 0 Å². The molecule has 3 N–H and O–H groups in total. The van der Waals surface area contributed by atoms with Gasteiger partial charge in [0, 0.05) is 22.9 Å². The van der Waals surface area contributed by atoms with Crippen LogP contribution in [0.25, 0.3) is 0 Å². The largest absolute Gasteiger partial charge is 0.398 e. The molecule has 88 valence electrons. The van der Waals surface area contributed by atoms with E-state index >= 15 is 0 Å². The van der Waals surface area contributed by atoms with Crippen molar-refractivity contribution in [3.8, 4) is 0 Å². The van der Waals surface area contributed by atoms with E-state index in [1.54, 1.807) is 0 Å². The van der Waals surface area contributed by atoms with Crippen LogP contribution < -0.4 is 11.1 Å². The van der Waals surface area contributed by atoms with Gasteiger partial charge in [-0.3, -0.25) is 0 Å². The Kier molecular flexibility index (Phi) is 3.55. The Bertz CT molecular complexity index is 523. The summed E-state index contributed by atoms with van der Waals surface area (Å²) in [6, 6.07) is 13.7. The van der Waals surface area contributed by atoms with Gasteiger partial charge in [0.15, 0.2) is 0 Å². The highest BCUT2D eigenvalue weighted by Crippen LogP contribution is 2.21. The van der Waals surface area contributed by atoms with Crippen LogP contribution in [0, 0.1) is 6.92 Å². The van der Waals surface area contributed by atoms with E-state index in [4.69, 9.17) is 17.3 Å². The van der Waals surface area contributed by atoms with E-state index in [1.165, 1.54) is 5.56 Å². The van der Waals surface area contributed by atoms with Crippen molar-refractivity contribution >= 4 is 23.0 Å². The minimum absolute atomic E-state index is 0.702. The van der Waals surface area contributed by atoms with Crippen LogP contribution in [-0.2, 0) is 6.54 Å². The highest BCUT2D eigenvalue weighted by atomic mass is 35.5. The number of nitrogens with one attached hydrogen (secondary N) is 1. The molecule has 0 aromatic heterocycles. The zero-order valence-electron chi connectivity index (χ0n) is 9.70. The van der Waals surface area contributed by atoms with Gasteiger partial charge in [-0.25, -0.2) is 0 Å². The fraction of sp³-hybridized carbons (Fsp3) is 0.143. The molecule has 2 aromatic carbocycles. The average Bonchev–Trinajstić information content (AvgIpc) is 2.32. The molecule has 0 heterocycles. The number of para-hydroxylation sites is 1. The van der Waals surface area contributed by atoms with Gasteiger partial charge in [0.05, 0.1) is 0 Å². The first-order valence-corrected chi connectivity index (χ1v) is 5.88. The van der Waals surface area contributed by atoms with Crippen LogP contribution in [-0.4, -0.2) is 0 Å². The Labute approximate surface area is 106 Å². The predicted molar refractivity (Wildman–Crippen MR) is 74.4 cm³/mol. The SMILES string of the molecule is Cc1ccc(Cl)cc1NCc1ccccc1N. The lowest BCUT2D eigenvalue weighted by Crippen LogP contribution is -2.03. The van der Waals surface area contributed by atoms with Crippen molar-refractivity contribution in [1.29, 1.82) is 0 Å². The number of anilines is 2. The van der Waals surface area contributed by atoms with E-state index in [9.17, 15) is 0 Å². The number of nitrogen functional groups attached to an aromatic ring is 1. The van der Waals surface area contributed by atoms with Crippen molar-refractivity contribution in [3.63, 3.8) is 0 Å². The Morgan fingerprint density at radius 1 is 1.18 bits per heavy atom. The summed E-state index contributed by atoms with van der Waals surface area (Å²) in [6.07, 6.45) is 0. The van der Waals surface area contributed by atoms with Gasteiger partial charge in [0.25, 0.3) is 0 Å². The second-order valence-electron chi connectivity index (χ2n) is 4.01. The minimum atomic E-state index is 0.702. The van der Waals surface area contributed by atoms with Crippen molar-refractivity contribution in [2.45, 2.75) is 13.5 Å². The molecule has 0 aliphatic carbocycles. The third kappa shape index (κ3) is 2.92. The van der Waals surface area contributed by atoms with Gasteiger partial charge in [-0.2, -0.15) is 0 Å². The Morgan fingerprint density at radius 3 is 2.71 bits per heavy atom. The van der Waals surface area contributed by atoms with Gasteiger partial charge < -0.3 is 11.1 Å². The van der Waals surface area contributed by atoms with Crippen molar-refractivity contribution in [3.05, 3.63) is 58.6 Å². The molecule has 0 saturated carbocycles. The first kappa shape index (κ1) is 11.8. The zero-order valence-corrected chi connectivity index (χ0v) is 10.5. The Balaban J connectivity index is 2.12. The lowest BCUT2D eigenvalue weighted by Gasteiger charge is -2.11. The molecule has 17 heavy (non-hydrogen) atoms. The van der Waals surface area contributed by atoms with Gasteiger partial charge in [0.2, 0.25) is 0 Å². The summed E-state index contributed by atoms with van der Waals surface area (Å²) in [6.45, 7) is 2.75. The standard InChI is InChI=1S/C14H15ClN2/c1-10-6-7-12(15)8-14(10)17-9-11-4-2-3-5-13(11)16/h2-8,17H,9,16H2,1H3. The summed E-state index contributed by atoms with van der Waals surface area (Å²) in [5.41, 5.74) is 9.99. The molecular weight excluding hydrogens is 232 g/mol. The van der Waals surface area contributed by atoms with Crippen LogP contribution in [0.1, 0.15) is 11.1 Å². The molecule has 0 radical (unpaired) electrons. The van der Waals surface area contributed by atoms with Crippen molar-refractivity contribution in [1.82, 2.24) is 0 Å². The number of benzene rings is 2. The van der Waals surface area contributed by atoms with Crippen LogP contribution in [0.5, 0.6) is 0 Å². The number of aryl methyl sites for hydroxylation is 1. The summed E-state index contributed by atoms with van der Waals surface area (Å²) in [5, 5.41) is 4.08. The number of halogens is 1. The van der Waals surface area contributed by atoms with E-state index in [0.29, 0.717) is 6.54 Å². The third-order valence-corrected chi connectivity index (χ3v) is 2.96. The van der Waals surface area contributed by atoms with E-state index in [-0.39, 0.29) is 0 Å². The molecule has 3 heteroatoms. The molecule has 0 bridgehead atoms. The molecule has 2 nitrogen and oxygen atoms in total.